The van der Waals surface area contributed by atoms with Crippen LogP contribution in [-0.2, 0) is 6.42 Å². The Labute approximate surface area is 123 Å². The number of rotatable bonds is 5. The second kappa shape index (κ2) is 6.83. The Bertz CT molecular complexity index is 523. The summed E-state index contributed by atoms with van der Waals surface area (Å²) < 4.78 is 1.12. The minimum absolute atomic E-state index is 0.319. The zero-order valence-electron chi connectivity index (χ0n) is 11.4. The van der Waals surface area contributed by atoms with E-state index in [1.54, 1.807) is 0 Å². The molecule has 1 heterocycles. The SMILES string of the molecule is CCNC(Cc1ccc(Br)cc1)c1cnccc1C. The van der Waals surface area contributed by atoms with Gasteiger partial charge in [-0.2, -0.15) is 0 Å². The predicted octanol–water partition coefficient (Wildman–Crippen LogP) is 4.05. The monoisotopic (exact) mass is 318 g/mol. The molecule has 1 atom stereocenters. The van der Waals surface area contributed by atoms with Gasteiger partial charge in [0.05, 0.1) is 0 Å². The van der Waals surface area contributed by atoms with Gasteiger partial charge in [0.1, 0.15) is 0 Å². The normalized spacial score (nSPS) is 12.4. The molecular formula is C16H19BrN2. The van der Waals surface area contributed by atoms with Crippen molar-refractivity contribution in [3.63, 3.8) is 0 Å². The molecule has 1 unspecified atom stereocenters. The van der Waals surface area contributed by atoms with Crippen molar-refractivity contribution in [1.82, 2.24) is 10.3 Å². The molecule has 0 bridgehead atoms. The van der Waals surface area contributed by atoms with Crippen molar-refractivity contribution in [2.24, 2.45) is 0 Å². The molecule has 100 valence electrons. The first-order chi connectivity index (χ1) is 9.20. The topological polar surface area (TPSA) is 24.9 Å². The van der Waals surface area contributed by atoms with Gasteiger partial charge in [0.15, 0.2) is 0 Å². The molecule has 1 aromatic carbocycles. The summed E-state index contributed by atoms with van der Waals surface area (Å²) in [5.41, 5.74) is 3.91. The van der Waals surface area contributed by atoms with Gasteiger partial charge in [-0.1, -0.05) is 35.0 Å². The minimum Gasteiger partial charge on any atom is -0.310 e. The molecule has 2 nitrogen and oxygen atoms in total. The third-order valence-corrected chi connectivity index (χ3v) is 3.79. The number of nitrogens with one attached hydrogen (secondary N) is 1. The Kier molecular flexibility index (Phi) is 5.11. The lowest BCUT2D eigenvalue weighted by atomic mass is 9.97. The van der Waals surface area contributed by atoms with Crippen LogP contribution < -0.4 is 5.32 Å². The molecule has 19 heavy (non-hydrogen) atoms. The number of benzene rings is 1. The van der Waals surface area contributed by atoms with Crippen LogP contribution in [0, 0.1) is 6.92 Å². The zero-order chi connectivity index (χ0) is 13.7. The van der Waals surface area contributed by atoms with Gasteiger partial charge >= 0.3 is 0 Å². The summed E-state index contributed by atoms with van der Waals surface area (Å²) in [4.78, 5) is 4.26. The Morgan fingerprint density at radius 2 is 1.95 bits per heavy atom. The van der Waals surface area contributed by atoms with Gasteiger partial charge in [0.25, 0.3) is 0 Å². The molecule has 2 aromatic rings. The van der Waals surface area contributed by atoms with Crippen molar-refractivity contribution in [1.29, 1.82) is 0 Å². The summed E-state index contributed by atoms with van der Waals surface area (Å²) in [6.07, 6.45) is 4.80. The summed E-state index contributed by atoms with van der Waals surface area (Å²) in [5.74, 6) is 0. The second-order valence-corrected chi connectivity index (χ2v) is 5.59. The molecule has 1 aromatic heterocycles. The van der Waals surface area contributed by atoms with Crippen LogP contribution in [0.4, 0.5) is 0 Å². The highest BCUT2D eigenvalue weighted by molar-refractivity contribution is 9.10. The molecule has 0 radical (unpaired) electrons. The maximum atomic E-state index is 4.26. The molecule has 0 aliphatic carbocycles. The van der Waals surface area contributed by atoms with Crippen molar-refractivity contribution in [2.45, 2.75) is 26.3 Å². The number of hydrogen-bond donors (Lipinski definition) is 1. The van der Waals surface area contributed by atoms with E-state index in [9.17, 15) is 0 Å². The van der Waals surface area contributed by atoms with E-state index < -0.39 is 0 Å². The van der Waals surface area contributed by atoms with Crippen molar-refractivity contribution < 1.29 is 0 Å². The number of pyridine rings is 1. The predicted molar refractivity (Wildman–Crippen MR) is 83.2 cm³/mol. The minimum atomic E-state index is 0.319. The molecule has 0 saturated carbocycles. The maximum Gasteiger partial charge on any atom is 0.0378 e. The van der Waals surface area contributed by atoms with Crippen LogP contribution in [0.15, 0.2) is 47.2 Å². The average molecular weight is 319 g/mol. The lowest BCUT2D eigenvalue weighted by Gasteiger charge is -2.20. The largest absolute Gasteiger partial charge is 0.310 e. The van der Waals surface area contributed by atoms with E-state index in [2.05, 4.69) is 70.4 Å². The molecule has 0 aliphatic heterocycles. The molecule has 0 spiro atoms. The van der Waals surface area contributed by atoms with Crippen LogP contribution in [-0.4, -0.2) is 11.5 Å². The number of aryl methyl sites for hydroxylation is 1. The molecule has 0 amide bonds. The highest BCUT2D eigenvalue weighted by atomic mass is 79.9. The van der Waals surface area contributed by atoms with Gasteiger partial charge in [-0.15, -0.1) is 0 Å². The van der Waals surface area contributed by atoms with E-state index >= 15 is 0 Å². The van der Waals surface area contributed by atoms with Crippen LogP contribution in [0.1, 0.15) is 29.7 Å². The molecule has 0 fully saturated rings. The standard InChI is InChI=1S/C16H19BrN2/c1-3-19-16(15-11-18-9-8-12(15)2)10-13-4-6-14(17)7-5-13/h4-9,11,16,19H,3,10H2,1-2H3. The molecule has 2 rings (SSSR count). The lowest BCUT2D eigenvalue weighted by molar-refractivity contribution is 0.545. The van der Waals surface area contributed by atoms with E-state index in [4.69, 9.17) is 0 Å². The Morgan fingerprint density at radius 3 is 2.58 bits per heavy atom. The molecule has 0 aliphatic rings. The number of halogens is 1. The second-order valence-electron chi connectivity index (χ2n) is 4.67. The molecule has 0 saturated heterocycles. The quantitative estimate of drug-likeness (QED) is 0.899. The summed E-state index contributed by atoms with van der Waals surface area (Å²) >= 11 is 3.47. The summed E-state index contributed by atoms with van der Waals surface area (Å²) in [6, 6.07) is 10.9. The van der Waals surface area contributed by atoms with Gasteiger partial charge in [-0.05, 0) is 54.8 Å². The first-order valence-corrected chi connectivity index (χ1v) is 7.38. The smallest absolute Gasteiger partial charge is 0.0378 e. The van der Waals surface area contributed by atoms with Gasteiger partial charge in [0.2, 0.25) is 0 Å². The lowest BCUT2D eigenvalue weighted by Crippen LogP contribution is -2.23. The molecular weight excluding hydrogens is 300 g/mol. The van der Waals surface area contributed by atoms with Gasteiger partial charge in [-0.25, -0.2) is 0 Å². The fourth-order valence-electron chi connectivity index (χ4n) is 2.24. The summed E-state index contributed by atoms with van der Waals surface area (Å²) in [6.45, 7) is 5.23. The van der Waals surface area contributed by atoms with E-state index in [0.29, 0.717) is 6.04 Å². The third kappa shape index (κ3) is 3.88. The third-order valence-electron chi connectivity index (χ3n) is 3.26. The van der Waals surface area contributed by atoms with Crippen LogP contribution in [0.2, 0.25) is 0 Å². The Hall–Kier alpha value is -1.19. The fraction of sp³-hybridized carbons (Fsp3) is 0.312. The number of likely N-dealkylation sites (N-methyl/N-ethyl adjacent to an activating group) is 1. The van der Waals surface area contributed by atoms with Gasteiger partial charge in [0, 0.05) is 22.9 Å². The number of nitrogens with zero attached hydrogens (tertiary/aromatic N) is 1. The number of hydrogen-bond acceptors (Lipinski definition) is 2. The van der Waals surface area contributed by atoms with Crippen LogP contribution >= 0.6 is 15.9 Å². The average Bonchev–Trinajstić information content (AvgIpc) is 2.41. The fourth-order valence-corrected chi connectivity index (χ4v) is 2.50. The van der Waals surface area contributed by atoms with Crippen molar-refractivity contribution >= 4 is 15.9 Å². The maximum absolute atomic E-state index is 4.26. The van der Waals surface area contributed by atoms with E-state index in [1.165, 1.54) is 16.7 Å². The zero-order valence-corrected chi connectivity index (χ0v) is 12.9. The Morgan fingerprint density at radius 1 is 1.21 bits per heavy atom. The van der Waals surface area contributed by atoms with E-state index in [0.717, 1.165) is 17.4 Å². The van der Waals surface area contributed by atoms with Crippen molar-refractivity contribution in [3.05, 3.63) is 63.9 Å². The molecule has 1 N–H and O–H groups in total. The van der Waals surface area contributed by atoms with Gasteiger partial charge in [-0.3, -0.25) is 4.98 Å². The first kappa shape index (κ1) is 14.2. The Balaban J connectivity index is 2.21. The van der Waals surface area contributed by atoms with Crippen LogP contribution in [0.25, 0.3) is 0 Å². The van der Waals surface area contributed by atoms with E-state index in [1.807, 2.05) is 12.4 Å². The summed E-state index contributed by atoms with van der Waals surface area (Å²) in [7, 11) is 0. The van der Waals surface area contributed by atoms with E-state index in [-0.39, 0.29) is 0 Å². The highest BCUT2D eigenvalue weighted by Gasteiger charge is 2.13. The van der Waals surface area contributed by atoms with Crippen molar-refractivity contribution in [2.75, 3.05) is 6.54 Å². The van der Waals surface area contributed by atoms with Crippen LogP contribution in [0.5, 0.6) is 0 Å². The number of aromatic nitrogens is 1. The van der Waals surface area contributed by atoms with Gasteiger partial charge < -0.3 is 5.32 Å². The summed E-state index contributed by atoms with van der Waals surface area (Å²) in [5, 5.41) is 3.55. The highest BCUT2D eigenvalue weighted by Crippen LogP contribution is 2.21. The van der Waals surface area contributed by atoms with Crippen LogP contribution in [0.3, 0.4) is 0 Å². The first-order valence-electron chi connectivity index (χ1n) is 6.59. The van der Waals surface area contributed by atoms with Crippen molar-refractivity contribution in [3.8, 4) is 0 Å². The molecule has 3 heteroatoms.